The lowest BCUT2D eigenvalue weighted by molar-refractivity contribution is -0.147. The van der Waals surface area contributed by atoms with Crippen LogP contribution in [0, 0.1) is 5.82 Å². The van der Waals surface area contributed by atoms with Crippen molar-refractivity contribution in [2.24, 2.45) is 5.73 Å². The fourth-order valence-electron chi connectivity index (χ4n) is 1.45. The summed E-state index contributed by atoms with van der Waals surface area (Å²) in [6.45, 7) is 2.93. The van der Waals surface area contributed by atoms with Gasteiger partial charge in [-0.25, -0.2) is 9.18 Å². The number of carbonyl (C=O) groups excluding carboxylic acids is 3. The average Bonchev–Trinajstić information content (AvgIpc) is 2.41. The molecule has 4 N–H and O–H groups in total. The van der Waals surface area contributed by atoms with Crippen molar-refractivity contribution in [1.82, 2.24) is 0 Å². The zero-order valence-corrected chi connectivity index (χ0v) is 11.6. The van der Waals surface area contributed by atoms with E-state index < -0.39 is 23.7 Å². The van der Waals surface area contributed by atoms with Crippen LogP contribution >= 0.6 is 0 Å². The monoisotopic (exact) mass is 297 g/mol. The molecular weight excluding hydrogens is 281 g/mol. The van der Waals surface area contributed by atoms with Gasteiger partial charge in [0.15, 0.2) is 6.04 Å². The van der Waals surface area contributed by atoms with Crippen LogP contribution in [0.5, 0.6) is 0 Å². The Balaban J connectivity index is 2.84. The zero-order chi connectivity index (χ0) is 16.0. The van der Waals surface area contributed by atoms with E-state index in [2.05, 4.69) is 15.4 Å². The summed E-state index contributed by atoms with van der Waals surface area (Å²) in [5.74, 6) is -2.89. The summed E-state index contributed by atoms with van der Waals surface area (Å²) in [5.41, 5.74) is 5.48. The Morgan fingerprint density at radius 3 is 2.57 bits per heavy atom. The maximum atomic E-state index is 13.6. The second-order valence-corrected chi connectivity index (χ2v) is 4.09. The van der Waals surface area contributed by atoms with Crippen molar-refractivity contribution in [3.63, 3.8) is 0 Å². The number of benzene rings is 1. The molecule has 1 aromatic carbocycles. The van der Waals surface area contributed by atoms with E-state index in [4.69, 9.17) is 5.73 Å². The number of hydrogen-bond acceptors (Lipinski definition) is 5. The van der Waals surface area contributed by atoms with Crippen LogP contribution in [0.2, 0.25) is 0 Å². The second-order valence-electron chi connectivity index (χ2n) is 4.09. The molecule has 0 aromatic heterocycles. The van der Waals surface area contributed by atoms with Crippen molar-refractivity contribution >= 4 is 29.2 Å². The van der Waals surface area contributed by atoms with Crippen LogP contribution < -0.4 is 16.4 Å². The van der Waals surface area contributed by atoms with Gasteiger partial charge in [0.05, 0.1) is 12.3 Å². The van der Waals surface area contributed by atoms with Gasteiger partial charge in [-0.15, -0.1) is 0 Å². The largest absolute Gasteiger partial charge is 0.464 e. The number of nitrogens with two attached hydrogens (primary N) is 1. The van der Waals surface area contributed by atoms with E-state index in [9.17, 15) is 18.8 Å². The highest BCUT2D eigenvalue weighted by atomic mass is 19.1. The summed E-state index contributed by atoms with van der Waals surface area (Å²) >= 11 is 0. The molecule has 1 unspecified atom stereocenters. The number of ether oxygens (including phenoxy) is 1. The molecule has 114 valence electrons. The standard InChI is InChI=1S/C13H16FN3O4/c1-3-21-13(20)11(15)12(19)17-10-6-8(16-7(2)18)4-5-9(10)14/h4-6,11H,3,15H2,1-2H3,(H,16,18)(H,17,19). The Bertz CT molecular complexity index is 562. The first kappa shape index (κ1) is 16.6. The highest BCUT2D eigenvalue weighted by molar-refractivity contribution is 6.08. The minimum Gasteiger partial charge on any atom is -0.464 e. The molecule has 0 saturated carbocycles. The normalized spacial score (nSPS) is 11.4. The highest BCUT2D eigenvalue weighted by Crippen LogP contribution is 2.19. The molecule has 0 spiro atoms. The van der Waals surface area contributed by atoms with Gasteiger partial charge >= 0.3 is 5.97 Å². The van der Waals surface area contributed by atoms with Crippen molar-refractivity contribution < 1.29 is 23.5 Å². The van der Waals surface area contributed by atoms with Gasteiger partial charge in [-0.1, -0.05) is 0 Å². The fourth-order valence-corrected chi connectivity index (χ4v) is 1.45. The predicted octanol–water partition coefficient (Wildman–Crippen LogP) is 0.613. The molecule has 7 nitrogen and oxygen atoms in total. The van der Waals surface area contributed by atoms with Gasteiger partial charge in [-0.2, -0.15) is 0 Å². The smallest absolute Gasteiger partial charge is 0.332 e. The summed E-state index contributed by atoms with van der Waals surface area (Å²) in [6.07, 6.45) is 0. The fraction of sp³-hybridized carbons (Fsp3) is 0.308. The van der Waals surface area contributed by atoms with E-state index in [0.29, 0.717) is 5.69 Å². The lowest BCUT2D eigenvalue weighted by Gasteiger charge is -2.12. The molecule has 0 fully saturated rings. The Labute approximate surface area is 120 Å². The van der Waals surface area contributed by atoms with Crippen LogP contribution in [-0.4, -0.2) is 30.4 Å². The number of anilines is 2. The molecular formula is C13H16FN3O4. The Hall–Kier alpha value is -2.48. The molecule has 0 bridgehead atoms. The van der Waals surface area contributed by atoms with Crippen LogP contribution in [0.3, 0.4) is 0 Å². The number of hydrogen-bond donors (Lipinski definition) is 3. The van der Waals surface area contributed by atoms with Crippen LogP contribution in [0.25, 0.3) is 0 Å². The quantitative estimate of drug-likeness (QED) is 0.545. The summed E-state index contributed by atoms with van der Waals surface area (Å²) in [7, 11) is 0. The number of amides is 2. The predicted molar refractivity (Wildman–Crippen MR) is 73.9 cm³/mol. The third-order valence-electron chi connectivity index (χ3n) is 2.37. The van der Waals surface area contributed by atoms with E-state index in [1.807, 2.05) is 0 Å². The molecule has 2 amide bonds. The molecule has 1 rings (SSSR count). The van der Waals surface area contributed by atoms with Gasteiger partial charge in [0, 0.05) is 12.6 Å². The molecule has 0 aliphatic carbocycles. The van der Waals surface area contributed by atoms with Crippen molar-refractivity contribution in [3.8, 4) is 0 Å². The number of esters is 1. The number of halogens is 1. The molecule has 0 saturated heterocycles. The number of nitrogens with one attached hydrogen (secondary N) is 2. The van der Waals surface area contributed by atoms with Gasteiger partial charge in [-0.05, 0) is 25.1 Å². The molecule has 1 aromatic rings. The van der Waals surface area contributed by atoms with Crippen molar-refractivity contribution in [2.45, 2.75) is 19.9 Å². The molecule has 0 aliphatic heterocycles. The van der Waals surface area contributed by atoms with E-state index in [1.165, 1.54) is 19.1 Å². The summed E-state index contributed by atoms with van der Waals surface area (Å²) in [6, 6.07) is 2.05. The first-order valence-electron chi connectivity index (χ1n) is 6.15. The van der Waals surface area contributed by atoms with Gasteiger partial charge in [-0.3, -0.25) is 9.59 Å². The minimum atomic E-state index is -1.56. The first-order chi connectivity index (χ1) is 9.85. The number of carbonyl (C=O) groups is 3. The summed E-state index contributed by atoms with van der Waals surface area (Å²) in [4.78, 5) is 34.0. The van der Waals surface area contributed by atoms with Crippen molar-refractivity contribution in [3.05, 3.63) is 24.0 Å². The third-order valence-corrected chi connectivity index (χ3v) is 2.37. The van der Waals surface area contributed by atoms with Crippen molar-refractivity contribution in [2.75, 3.05) is 17.2 Å². The second kappa shape index (κ2) is 7.34. The van der Waals surface area contributed by atoms with E-state index in [-0.39, 0.29) is 18.2 Å². The Morgan fingerprint density at radius 2 is 2.00 bits per heavy atom. The third kappa shape index (κ3) is 4.84. The summed E-state index contributed by atoms with van der Waals surface area (Å²) < 4.78 is 18.2. The van der Waals surface area contributed by atoms with Gasteiger partial charge in [0.2, 0.25) is 5.91 Å². The lowest BCUT2D eigenvalue weighted by atomic mass is 10.2. The molecule has 8 heteroatoms. The van der Waals surface area contributed by atoms with Gasteiger partial charge in [0.1, 0.15) is 5.82 Å². The Kier molecular flexibility index (Phi) is 5.79. The molecule has 0 heterocycles. The maximum Gasteiger partial charge on any atom is 0.332 e. The SMILES string of the molecule is CCOC(=O)C(N)C(=O)Nc1cc(NC(C)=O)ccc1F. The van der Waals surface area contributed by atoms with E-state index >= 15 is 0 Å². The molecule has 21 heavy (non-hydrogen) atoms. The van der Waals surface area contributed by atoms with E-state index in [0.717, 1.165) is 6.07 Å². The molecule has 0 radical (unpaired) electrons. The van der Waals surface area contributed by atoms with Crippen LogP contribution in [0.15, 0.2) is 18.2 Å². The van der Waals surface area contributed by atoms with Crippen molar-refractivity contribution in [1.29, 1.82) is 0 Å². The first-order valence-corrected chi connectivity index (χ1v) is 6.15. The Morgan fingerprint density at radius 1 is 1.33 bits per heavy atom. The average molecular weight is 297 g/mol. The van der Waals surface area contributed by atoms with Crippen LogP contribution in [0.1, 0.15) is 13.8 Å². The number of rotatable bonds is 5. The summed E-state index contributed by atoms with van der Waals surface area (Å²) in [5, 5.41) is 4.61. The van der Waals surface area contributed by atoms with Gasteiger partial charge in [0.25, 0.3) is 5.91 Å². The molecule has 1 atom stereocenters. The van der Waals surface area contributed by atoms with Crippen LogP contribution in [-0.2, 0) is 19.1 Å². The zero-order valence-electron chi connectivity index (χ0n) is 11.6. The van der Waals surface area contributed by atoms with Gasteiger partial charge < -0.3 is 21.1 Å². The topological polar surface area (TPSA) is 111 Å². The van der Waals surface area contributed by atoms with Crippen LogP contribution in [0.4, 0.5) is 15.8 Å². The molecule has 0 aliphatic rings. The lowest BCUT2D eigenvalue weighted by Crippen LogP contribution is -2.43. The van der Waals surface area contributed by atoms with E-state index in [1.54, 1.807) is 6.92 Å². The minimum absolute atomic E-state index is 0.0756. The highest BCUT2D eigenvalue weighted by Gasteiger charge is 2.24. The maximum absolute atomic E-state index is 13.6.